The molecule has 0 saturated heterocycles. The summed E-state index contributed by atoms with van der Waals surface area (Å²) in [7, 11) is 0. The Hall–Kier alpha value is -1.89. The van der Waals surface area contributed by atoms with E-state index in [1.165, 1.54) is 5.56 Å². The van der Waals surface area contributed by atoms with E-state index in [-0.39, 0.29) is 0 Å². The largest absolute Gasteiger partial charge is 0.253 e. The molecule has 0 heterocycles. The van der Waals surface area contributed by atoms with Gasteiger partial charge in [0.15, 0.2) is 0 Å². The van der Waals surface area contributed by atoms with Crippen LogP contribution in [0.25, 0.3) is 0 Å². The fourth-order valence-corrected chi connectivity index (χ4v) is 1.59. The summed E-state index contributed by atoms with van der Waals surface area (Å²) >= 11 is 0. The van der Waals surface area contributed by atoms with Gasteiger partial charge in [-0.05, 0) is 25.0 Å². The maximum atomic E-state index is 4.62. The molecule has 1 heteroatoms. The van der Waals surface area contributed by atoms with Gasteiger partial charge >= 0.3 is 0 Å². The zero-order valence-electron chi connectivity index (χ0n) is 9.43. The van der Waals surface area contributed by atoms with E-state index in [1.807, 2.05) is 37.3 Å². The van der Waals surface area contributed by atoms with Crippen molar-refractivity contribution in [3.05, 3.63) is 72.0 Å². The van der Waals surface area contributed by atoms with Gasteiger partial charge in [0.25, 0.3) is 0 Å². The molecule has 16 heavy (non-hydrogen) atoms. The highest BCUT2D eigenvalue weighted by Crippen LogP contribution is 2.09. The lowest BCUT2D eigenvalue weighted by atomic mass is 10.1. The molecule has 0 radical (unpaired) electrons. The number of benzene rings is 1. The van der Waals surface area contributed by atoms with Crippen molar-refractivity contribution in [2.24, 2.45) is 4.99 Å². The maximum Gasteiger partial charge on any atom is 0.0596 e. The van der Waals surface area contributed by atoms with Crippen LogP contribution in [-0.2, 0) is 0 Å². The third-order valence-corrected chi connectivity index (χ3v) is 2.47. The second-order valence-electron chi connectivity index (χ2n) is 3.72. The quantitative estimate of drug-likeness (QED) is 0.655. The van der Waals surface area contributed by atoms with E-state index in [0.29, 0.717) is 0 Å². The molecule has 1 aromatic rings. The van der Waals surface area contributed by atoms with Crippen LogP contribution in [0, 0.1) is 0 Å². The highest BCUT2D eigenvalue weighted by Gasteiger charge is 1.97. The van der Waals surface area contributed by atoms with Crippen molar-refractivity contribution in [1.82, 2.24) is 0 Å². The zero-order valence-corrected chi connectivity index (χ0v) is 9.43. The van der Waals surface area contributed by atoms with E-state index in [1.54, 1.807) is 0 Å². The molecule has 1 nitrogen and oxygen atoms in total. The van der Waals surface area contributed by atoms with E-state index in [2.05, 4.69) is 35.4 Å². The lowest BCUT2D eigenvalue weighted by Crippen LogP contribution is -1.94. The third kappa shape index (κ3) is 2.80. The summed E-state index contributed by atoms with van der Waals surface area (Å²) in [5.74, 6) is 0. The van der Waals surface area contributed by atoms with Gasteiger partial charge in [-0.1, -0.05) is 54.6 Å². The SMILES string of the molecule is CC(=NC1=CCC=CC=C1)c1ccccc1. The first-order valence-corrected chi connectivity index (χ1v) is 5.50. The molecule has 0 saturated carbocycles. The number of hydrogen-bond acceptors (Lipinski definition) is 1. The van der Waals surface area contributed by atoms with E-state index in [4.69, 9.17) is 0 Å². The first kappa shape index (κ1) is 10.6. The Bertz CT molecular complexity index is 461. The third-order valence-electron chi connectivity index (χ3n) is 2.47. The number of hydrogen-bond donors (Lipinski definition) is 0. The molecule has 1 aliphatic rings. The molecule has 1 aliphatic carbocycles. The van der Waals surface area contributed by atoms with Crippen molar-refractivity contribution in [2.45, 2.75) is 13.3 Å². The number of rotatable bonds is 2. The van der Waals surface area contributed by atoms with Crippen LogP contribution in [0.2, 0.25) is 0 Å². The van der Waals surface area contributed by atoms with Crippen LogP contribution in [0.1, 0.15) is 18.9 Å². The Morgan fingerprint density at radius 3 is 2.75 bits per heavy atom. The van der Waals surface area contributed by atoms with E-state index in [0.717, 1.165) is 17.8 Å². The fourth-order valence-electron chi connectivity index (χ4n) is 1.59. The molecule has 0 aromatic heterocycles. The molecular weight excluding hydrogens is 194 g/mol. The highest BCUT2D eigenvalue weighted by atomic mass is 14.7. The van der Waals surface area contributed by atoms with Gasteiger partial charge in [0.1, 0.15) is 0 Å². The predicted molar refractivity (Wildman–Crippen MR) is 69.6 cm³/mol. The van der Waals surface area contributed by atoms with Gasteiger partial charge in [0, 0.05) is 5.71 Å². The van der Waals surface area contributed by atoms with Gasteiger partial charge in [-0.25, -0.2) is 0 Å². The summed E-state index contributed by atoms with van der Waals surface area (Å²) in [6.07, 6.45) is 11.3. The lowest BCUT2D eigenvalue weighted by Gasteiger charge is -2.00. The summed E-state index contributed by atoms with van der Waals surface area (Å²) in [5.41, 5.74) is 3.26. The lowest BCUT2D eigenvalue weighted by molar-refractivity contribution is 1.30. The van der Waals surface area contributed by atoms with Crippen molar-refractivity contribution in [3.8, 4) is 0 Å². The van der Waals surface area contributed by atoms with Crippen molar-refractivity contribution >= 4 is 5.71 Å². The molecule has 0 amide bonds. The molecule has 0 aliphatic heterocycles. The van der Waals surface area contributed by atoms with Crippen molar-refractivity contribution in [1.29, 1.82) is 0 Å². The monoisotopic (exact) mass is 209 g/mol. The number of allylic oxidation sites excluding steroid dienone is 5. The molecule has 80 valence electrons. The Labute approximate surface area is 96.5 Å². The topological polar surface area (TPSA) is 12.4 Å². The minimum atomic E-state index is 0.952. The van der Waals surface area contributed by atoms with Crippen LogP contribution in [0.5, 0.6) is 0 Å². The predicted octanol–water partition coefficient (Wildman–Crippen LogP) is 3.90. The zero-order chi connectivity index (χ0) is 11.2. The Balaban J connectivity index is 2.22. The summed E-state index contributed by atoms with van der Waals surface area (Å²) in [6.45, 7) is 2.04. The van der Waals surface area contributed by atoms with Crippen LogP contribution < -0.4 is 0 Å². The van der Waals surface area contributed by atoms with Gasteiger partial charge in [-0.3, -0.25) is 4.99 Å². The van der Waals surface area contributed by atoms with Crippen LogP contribution in [0.4, 0.5) is 0 Å². The Morgan fingerprint density at radius 1 is 1.12 bits per heavy atom. The Morgan fingerprint density at radius 2 is 1.94 bits per heavy atom. The molecule has 0 unspecified atom stereocenters. The first-order chi connectivity index (χ1) is 7.86. The molecule has 0 fully saturated rings. The van der Waals surface area contributed by atoms with Crippen LogP contribution in [-0.4, -0.2) is 5.71 Å². The molecular formula is C15H15N. The van der Waals surface area contributed by atoms with E-state index < -0.39 is 0 Å². The number of aliphatic imine (C=N–C) groups is 1. The molecule has 0 spiro atoms. The van der Waals surface area contributed by atoms with Crippen LogP contribution >= 0.6 is 0 Å². The van der Waals surface area contributed by atoms with Crippen LogP contribution in [0.3, 0.4) is 0 Å². The maximum absolute atomic E-state index is 4.62. The van der Waals surface area contributed by atoms with Gasteiger partial charge < -0.3 is 0 Å². The summed E-state index contributed by atoms with van der Waals surface area (Å²) in [5, 5.41) is 0. The van der Waals surface area contributed by atoms with Gasteiger partial charge in [0.05, 0.1) is 5.70 Å². The average molecular weight is 209 g/mol. The standard InChI is InChI=1S/C15H15N/c1-13(14-9-5-4-6-10-14)16-15-11-7-2-3-8-12-15/h2-7,9-12H,8H2,1H3. The van der Waals surface area contributed by atoms with E-state index >= 15 is 0 Å². The fraction of sp³-hybridized carbons (Fsp3) is 0.133. The highest BCUT2D eigenvalue weighted by molar-refractivity contribution is 5.99. The first-order valence-electron chi connectivity index (χ1n) is 5.50. The summed E-state index contributed by atoms with van der Waals surface area (Å²) in [6, 6.07) is 10.3. The normalized spacial score (nSPS) is 15.8. The second kappa shape index (κ2) is 5.26. The Kier molecular flexibility index (Phi) is 3.50. The molecule has 0 N–H and O–H groups in total. The summed E-state index contributed by atoms with van der Waals surface area (Å²) < 4.78 is 0. The van der Waals surface area contributed by atoms with Crippen molar-refractivity contribution < 1.29 is 0 Å². The minimum absolute atomic E-state index is 0.952. The van der Waals surface area contributed by atoms with Gasteiger partial charge in [0.2, 0.25) is 0 Å². The summed E-state index contributed by atoms with van der Waals surface area (Å²) in [4.78, 5) is 4.62. The average Bonchev–Trinajstić information content (AvgIpc) is 2.59. The molecule has 1 aromatic carbocycles. The van der Waals surface area contributed by atoms with Gasteiger partial charge in [-0.15, -0.1) is 0 Å². The molecule has 0 bridgehead atoms. The number of nitrogens with zero attached hydrogens (tertiary/aromatic N) is 1. The van der Waals surface area contributed by atoms with Gasteiger partial charge in [-0.2, -0.15) is 0 Å². The minimum Gasteiger partial charge on any atom is -0.253 e. The van der Waals surface area contributed by atoms with Crippen molar-refractivity contribution in [2.75, 3.05) is 0 Å². The van der Waals surface area contributed by atoms with E-state index in [9.17, 15) is 0 Å². The second-order valence-corrected chi connectivity index (χ2v) is 3.72. The molecule has 0 atom stereocenters. The van der Waals surface area contributed by atoms with Crippen LogP contribution in [0.15, 0.2) is 71.4 Å². The smallest absolute Gasteiger partial charge is 0.0596 e. The van der Waals surface area contributed by atoms with Crippen molar-refractivity contribution in [3.63, 3.8) is 0 Å². The molecule has 2 rings (SSSR count).